The standard InChI is InChI=1S/C20H22O5/c1-14(2)12-24-20(22)16-7-9-17(10-8-16)25-19(21)13-23-18-6-4-5-15(3)11-18/h4-11,14H,12-13H2,1-3H3. The summed E-state index contributed by atoms with van der Waals surface area (Å²) >= 11 is 0. The molecule has 0 aromatic heterocycles. The van der Waals surface area contributed by atoms with Gasteiger partial charge < -0.3 is 14.2 Å². The van der Waals surface area contributed by atoms with Gasteiger partial charge in [0.1, 0.15) is 11.5 Å². The van der Waals surface area contributed by atoms with Crippen LogP contribution in [0.25, 0.3) is 0 Å². The van der Waals surface area contributed by atoms with Crippen molar-refractivity contribution in [2.45, 2.75) is 20.8 Å². The molecule has 25 heavy (non-hydrogen) atoms. The third-order valence-electron chi connectivity index (χ3n) is 3.22. The second kappa shape index (κ2) is 8.87. The van der Waals surface area contributed by atoms with Crippen molar-refractivity contribution >= 4 is 11.9 Å². The molecule has 0 saturated carbocycles. The number of rotatable bonds is 7. The highest BCUT2D eigenvalue weighted by Gasteiger charge is 2.10. The summed E-state index contributed by atoms with van der Waals surface area (Å²) in [5, 5.41) is 0. The van der Waals surface area contributed by atoms with E-state index in [0.29, 0.717) is 23.7 Å². The van der Waals surface area contributed by atoms with Gasteiger partial charge in [0.25, 0.3) is 0 Å². The van der Waals surface area contributed by atoms with E-state index in [0.717, 1.165) is 5.56 Å². The molecule has 0 aliphatic carbocycles. The highest BCUT2D eigenvalue weighted by atomic mass is 16.6. The molecular formula is C20H22O5. The Kier molecular flexibility index (Phi) is 6.57. The van der Waals surface area contributed by atoms with Gasteiger partial charge in [0, 0.05) is 0 Å². The lowest BCUT2D eigenvalue weighted by molar-refractivity contribution is -0.136. The molecule has 0 atom stereocenters. The van der Waals surface area contributed by atoms with Crippen molar-refractivity contribution < 1.29 is 23.8 Å². The Balaban J connectivity index is 1.83. The maximum atomic E-state index is 11.8. The summed E-state index contributed by atoms with van der Waals surface area (Å²) in [5.41, 5.74) is 1.46. The number of esters is 2. The Labute approximate surface area is 147 Å². The van der Waals surface area contributed by atoms with Crippen molar-refractivity contribution in [3.05, 3.63) is 59.7 Å². The van der Waals surface area contributed by atoms with E-state index in [2.05, 4.69) is 0 Å². The molecule has 0 radical (unpaired) electrons. The zero-order valence-corrected chi connectivity index (χ0v) is 14.7. The highest BCUT2D eigenvalue weighted by molar-refractivity contribution is 5.89. The van der Waals surface area contributed by atoms with Gasteiger partial charge >= 0.3 is 11.9 Å². The minimum Gasteiger partial charge on any atom is -0.482 e. The van der Waals surface area contributed by atoms with E-state index in [-0.39, 0.29) is 12.5 Å². The third-order valence-corrected chi connectivity index (χ3v) is 3.22. The van der Waals surface area contributed by atoms with E-state index in [1.165, 1.54) is 0 Å². The van der Waals surface area contributed by atoms with Crippen molar-refractivity contribution in [2.75, 3.05) is 13.2 Å². The van der Waals surface area contributed by atoms with Gasteiger partial charge in [0.15, 0.2) is 6.61 Å². The maximum absolute atomic E-state index is 11.8. The van der Waals surface area contributed by atoms with Crippen LogP contribution in [0, 0.1) is 12.8 Å². The lowest BCUT2D eigenvalue weighted by atomic mass is 10.2. The highest BCUT2D eigenvalue weighted by Crippen LogP contribution is 2.15. The summed E-state index contributed by atoms with van der Waals surface area (Å²) in [4.78, 5) is 23.6. The van der Waals surface area contributed by atoms with E-state index in [9.17, 15) is 9.59 Å². The fraction of sp³-hybridized carbons (Fsp3) is 0.300. The van der Waals surface area contributed by atoms with Crippen molar-refractivity contribution in [1.82, 2.24) is 0 Å². The van der Waals surface area contributed by atoms with E-state index in [1.54, 1.807) is 30.3 Å². The molecule has 0 amide bonds. The van der Waals surface area contributed by atoms with Gasteiger partial charge in [0.05, 0.1) is 12.2 Å². The van der Waals surface area contributed by atoms with Gasteiger partial charge in [-0.1, -0.05) is 26.0 Å². The molecule has 5 nitrogen and oxygen atoms in total. The van der Waals surface area contributed by atoms with Crippen LogP contribution < -0.4 is 9.47 Å². The lowest BCUT2D eigenvalue weighted by Gasteiger charge is -2.09. The largest absolute Gasteiger partial charge is 0.482 e. The van der Waals surface area contributed by atoms with Crippen molar-refractivity contribution in [3.8, 4) is 11.5 Å². The maximum Gasteiger partial charge on any atom is 0.349 e. The minimum absolute atomic E-state index is 0.193. The van der Waals surface area contributed by atoms with Crippen LogP contribution in [0.5, 0.6) is 11.5 Å². The van der Waals surface area contributed by atoms with E-state index < -0.39 is 11.9 Å². The van der Waals surface area contributed by atoms with Crippen LogP contribution in [0.1, 0.15) is 29.8 Å². The quantitative estimate of drug-likeness (QED) is 0.566. The average Bonchev–Trinajstić information content (AvgIpc) is 2.58. The molecular weight excluding hydrogens is 320 g/mol. The Morgan fingerprint density at radius 2 is 1.72 bits per heavy atom. The first-order valence-corrected chi connectivity index (χ1v) is 8.11. The van der Waals surface area contributed by atoms with Crippen LogP contribution in [-0.4, -0.2) is 25.2 Å². The minimum atomic E-state index is -0.517. The smallest absolute Gasteiger partial charge is 0.349 e. The van der Waals surface area contributed by atoms with Gasteiger partial charge in [0.2, 0.25) is 0 Å². The van der Waals surface area contributed by atoms with E-state index in [1.807, 2.05) is 39.0 Å². The molecule has 0 saturated heterocycles. The monoisotopic (exact) mass is 342 g/mol. The van der Waals surface area contributed by atoms with Crippen LogP contribution in [0.4, 0.5) is 0 Å². The Bertz CT molecular complexity index is 719. The number of benzene rings is 2. The first kappa shape index (κ1) is 18.5. The number of ether oxygens (including phenoxy) is 3. The second-order valence-corrected chi connectivity index (χ2v) is 6.10. The zero-order chi connectivity index (χ0) is 18.2. The SMILES string of the molecule is Cc1cccc(OCC(=O)Oc2ccc(C(=O)OCC(C)C)cc2)c1. The number of carbonyl (C=O) groups excluding carboxylic acids is 2. The number of aryl methyl sites for hydroxylation is 1. The summed E-state index contributed by atoms with van der Waals surface area (Å²) in [6.45, 7) is 6.05. The van der Waals surface area contributed by atoms with Gasteiger partial charge in [-0.05, 0) is 54.8 Å². The predicted molar refractivity (Wildman–Crippen MR) is 93.9 cm³/mol. The van der Waals surface area contributed by atoms with Crippen LogP contribution in [0.15, 0.2) is 48.5 Å². The second-order valence-electron chi connectivity index (χ2n) is 6.10. The van der Waals surface area contributed by atoms with Crippen LogP contribution >= 0.6 is 0 Å². The number of hydrogen-bond donors (Lipinski definition) is 0. The molecule has 0 spiro atoms. The van der Waals surface area contributed by atoms with E-state index in [4.69, 9.17) is 14.2 Å². The normalized spacial score (nSPS) is 10.4. The van der Waals surface area contributed by atoms with Crippen molar-refractivity contribution in [2.24, 2.45) is 5.92 Å². The van der Waals surface area contributed by atoms with Gasteiger partial charge in [-0.15, -0.1) is 0 Å². The molecule has 0 bridgehead atoms. The van der Waals surface area contributed by atoms with Gasteiger partial charge in [-0.25, -0.2) is 9.59 Å². The molecule has 0 heterocycles. The lowest BCUT2D eigenvalue weighted by Crippen LogP contribution is -2.17. The topological polar surface area (TPSA) is 61.8 Å². The zero-order valence-electron chi connectivity index (χ0n) is 14.7. The Hall–Kier alpha value is -2.82. The molecule has 2 aromatic carbocycles. The van der Waals surface area contributed by atoms with Crippen LogP contribution in [0.3, 0.4) is 0 Å². The molecule has 2 rings (SSSR count). The molecule has 5 heteroatoms. The molecule has 0 aliphatic heterocycles. The fourth-order valence-corrected chi connectivity index (χ4v) is 1.99. The molecule has 0 unspecified atom stereocenters. The predicted octanol–water partition coefficient (Wildman–Crippen LogP) is 3.79. The summed E-state index contributed by atoms with van der Waals surface area (Å²) in [7, 11) is 0. The first-order chi connectivity index (χ1) is 11.9. The summed E-state index contributed by atoms with van der Waals surface area (Å²) < 4.78 is 15.7. The average molecular weight is 342 g/mol. The number of carbonyl (C=O) groups is 2. The molecule has 132 valence electrons. The van der Waals surface area contributed by atoms with Gasteiger partial charge in [-0.3, -0.25) is 0 Å². The van der Waals surface area contributed by atoms with Crippen molar-refractivity contribution in [3.63, 3.8) is 0 Å². The van der Waals surface area contributed by atoms with Crippen molar-refractivity contribution in [1.29, 1.82) is 0 Å². The summed E-state index contributed by atoms with van der Waals surface area (Å²) in [5.74, 6) is 0.321. The molecule has 0 aliphatic rings. The first-order valence-electron chi connectivity index (χ1n) is 8.11. The number of hydrogen-bond acceptors (Lipinski definition) is 5. The molecule has 2 aromatic rings. The summed E-state index contributed by atoms with van der Waals surface area (Å²) in [6, 6.07) is 13.6. The third kappa shape index (κ3) is 6.30. The van der Waals surface area contributed by atoms with Crippen LogP contribution in [0.2, 0.25) is 0 Å². The Morgan fingerprint density at radius 3 is 2.36 bits per heavy atom. The molecule has 0 fully saturated rings. The van der Waals surface area contributed by atoms with E-state index >= 15 is 0 Å². The van der Waals surface area contributed by atoms with Crippen LogP contribution in [-0.2, 0) is 9.53 Å². The fourth-order valence-electron chi connectivity index (χ4n) is 1.99. The summed E-state index contributed by atoms with van der Waals surface area (Å²) in [6.07, 6.45) is 0. The van der Waals surface area contributed by atoms with Gasteiger partial charge in [-0.2, -0.15) is 0 Å². The Morgan fingerprint density at radius 1 is 1.00 bits per heavy atom. The molecule has 0 N–H and O–H groups in total.